The minimum atomic E-state index is 0.0452. The van der Waals surface area contributed by atoms with E-state index >= 15 is 0 Å². The second kappa shape index (κ2) is 7.39. The average Bonchev–Trinajstić information content (AvgIpc) is 2.63. The highest BCUT2D eigenvalue weighted by Crippen LogP contribution is 2.30. The molecule has 1 aromatic heterocycles. The third-order valence-corrected chi connectivity index (χ3v) is 4.07. The third-order valence-electron chi connectivity index (χ3n) is 4.07. The van der Waals surface area contributed by atoms with Crippen molar-refractivity contribution in [3.8, 4) is 11.6 Å². The van der Waals surface area contributed by atoms with Crippen LogP contribution in [0.2, 0.25) is 0 Å². The lowest BCUT2D eigenvalue weighted by Gasteiger charge is -2.31. The quantitative estimate of drug-likeness (QED) is 0.864. The maximum absolute atomic E-state index is 5.34. The molecule has 6 nitrogen and oxygen atoms in total. The van der Waals surface area contributed by atoms with E-state index in [0.29, 0.717) is 11.6 Å². The van der Waals surface area contributed by atoms with Gasteiger partial charge >= 0.3 is 0 Å². The molecule has 2 heterocycles. The van der Waals surface area contributed by atoms with E-state index < -0.39 is 0 Å². The Balaban J connectivity index is 2.01. The molecule has 0 aliphatic carbocycles. The number of nitrogens with one attached hydrogen (secondary N) is 2. The predicted molar refractivity (Wildman–Crippen MR) is 88.1 cm³/mol. The van der Waals surface area contributed by atoms with E-state index in [-0.39, 0.29) is 12.0 Å². The number of rotatable bonds is 5. The topological polar surface area (TPSA) is 68.3 Å². The van der Waals surface area contributed by atoms with Gasteiger partial charge in [-0.15, -0.1) is 0 Å². The lowest BCUT2D eigenvalue weighted by Crippen LogP contribution is -2.51. The van der Waals surface area contributed by atoms with Crippen LogP contribution in [0.25, 0.3) is 0 Å². The molecular formula is C17H22N4O2. The van der Waals surface area contributed by atoms with Crippen molar-refractivity contribution in [1.82, 2.24) is 20.6 Å². The van der Waals surface area contributed by atoms with Gasteiger partial charge in [-0.25, -0.2) is 4.98 Å². The number of methoxy groups -OCH3 is 2. The molecule has 0 amide bonds. The van der Waals surface area contributed by atoms with Gasteiger partial charge in [0, 0.05) is 25.7 Å². The Morgan fingerprint density at radius 1 is 1.13 bits per heavy atom. The van der Waals surface area contributed by atoms with Crippen molar-refractivity contribution in [3.63, 3.8) is 0 Å². The molecular weight excluding hydrogens is 292 g/mol. The summed E-state index contributed by atoms with van der Waals surface area (Å²) < 4.78 is 10.6. The number of piperazine rings is 1. The van der Waals surface area contributed by atoms with Crippen LogP contribution in [-0.2, 0) is 0 Å². The van der Waals surface area contributed by atoms with Gasteiger partial charge in [0.2, 0.25) is 0 Å². The highest BCUT2D eigenvalue weighted by molar-refractivity contribution is 5.35. The highest BCUT2D eigenvalue weighted by Gasteiger charge is 2.29. The van der Waals surface area contributed by atoms with E-state index in [4.69, 9.17) is 9.47 Å². The number of hydrogen-bond acceptors (Lipinski definition) is 6. The van der Waals surface area contributed by atoms with Crippen LogP contribution in [0.4, 0.5) is 0 Å². The first-order valence-corrected chi connectivity index (χ1v) is 7.77. The Bertz CT molecular complexity index is 630. The molecule has 2 unspecified atom stereocenters. The van der Waals surface area contributed by atoms with Crippen molar-refractivity contribution < 1.29 is 9.47 Å². The Morgan fingerprint density at radius 3 is 2.61 bits per heavy atom. The molecule has 0 radical (unpaired) electrons. The summed E-state index contributed by atoms with van der Waals surface area (Å²) in [6.07, 6.45) is 1.67. The molecule has 0 bridgehead atoms. The Hall–Kier alpha value is -2.18. The van der Waals surface area contributed by atoms with Crippen LogP contribution in [0, 0.1) is 0 Å². The number of ether oxygens (including phenoxy) is 2. The van der Waals surface area contributed by atoms with E-state index in [9.17, 15) is 0 Å². The van der Waals surface area contributed by atoms with Crippen molar-refractivity contribution in [2.75, 3.05) is 33.9 Å². The van der Waals surface area contributed by atoms with Gasteiger partial charge < -0.3 is 20.1 Å². The minimum Gasteiger partial charge on any atom is -0.490 e. The summed E-state index contributed by atoms with van der Waals surface area (Å²) in [6.45, 7) is 2.78. The van der Waals surface area contributed by atoms with Crippen LogP contribution in [-0.4, -0.2) is 49.9 Å². The maximum atomic E-state index is 5.34. The molecule has 2 aromatic rings. The zero-order chi connectivity index (χ0) is 16.1. The van der Waals surface area contributed by atoms with Crippen LogP contribution in [0.5, 0.6) is 11.6 Å². The van der Waals surface area contributed by atoms with Crippen molar-refractivity contribution in [2.24, 2.45) is 0 Å². The van der Waals surface area contributed by atoms with Crippen LogP contribution in [0.15, 0.2) is 36.5 Å². The molecule has 2 N–H and O–H groups in total. The molecule has 0 saturated carbocycles. The van der Waals surface area contributed by atoms with Gasteiger partial charge in [-0.3, -0.25) is 0 Å². The van der Waals surface area contributed by atoms with E-state index in [1.54, 1.807) is 20.4 Å². The van der Waals surface area contributed by atoms with E-state index in [1.807, 2.05) is 18.2 Å². The fraction of sp³-hybridized carbons (Fsp3) is 0.412. The first kappa shape index (κ1) is 15.7. The summed E-state index contributed by atoms with van der Waals surface area (Å²) in [6, 6.07) is 10.5. The van der Waals surface area contributed by atoms with Gasteiger partial charge in [0.25, 0.3) is 5.88 Å². The SMILES string of the molecule is COc1cnc(C(c2ccccc2)C2CNCCN2)nc1OC. The molecule has 2 atom stereocenters. The molecule has 1 aromatic carbocycles. The van der Waals surface area contributed by atoms with Crippen molar-refractivity contribution >= 4 is 0 Å². The lowest BCUT2D eigenvalue weighted by molar-refractivity contribution is 0.333. The molecule has 1 fully saturated rings. The molecule has 122 valence electrons. The van der Waals surface area contributed by atoms with E-state index in [0.717, 1.165) is 25.5 Å². The first-order valence-electron chi connectivity index (χ1n) is 7.77. The van der Waals surface area contributed by atoms with Crippen LogP contribution in [0.1, 0.15) is 17.3 Å². The summed E-state index contributed by atoms with van der Waals surface area (Å²) in [5.74, 6) is 1.78. The molecule has 1 aliphatic heterocycles. The van der Waals surface area contributed by atoms with Crippen molar-refractivity contribution in [2.45, 2.75) is 12.0 Å². The third kappa shape index (κ3) is 3.43. The van der Waals surface area contributed by atoms with Gasteiger partial charge in [0.15, 0.2) is 5.75 Å². The highest BCUT2D eigenvalue weighted by atomic mass is 16.5. The Labute approximate surface area is 136 Å². The van der Waals surface area contributed by atoms with Gasteiger partial charge in [0.05, 0.1) is 26.3 Å². The standard InChI is InChI=1S/C17H22N4O2/c1-22-14-11-20-16(21-17(14)23-2)15(12-6-4-3-5-7-12)13-10-18-8-9-19-13/h3-7,11,13,15,18-19H,8-10H2,1-2H3. The molecule has 1 aliphatic rings. The second-order valence-electron chi connectivity index (χ2n) is 5.46. The zero-order valence-corrected chi connectivity index (χ0v) is 13.5. The fourth-order valence-corrected chi connectivity index (χ4v) is 2.94. The lowest BCUT2D eigenvalue weighted by atomic mass is 9.89. The number of nitrogens with zero attached hydrogens (tertiary/aromatic N) is 2. The number of hydrogen-bond donors (Lipinski definition) is 2. The van der Waals surface area contributed by atoms with Crippen molar-refractivity contribution in [3.05, 3.63) is 47.9 Å². The van der Waals surface area contributed by atoms with Crippen LogP contribution < -0.4 is 20.1 Å². The molecule has 3 rings (SSSR count). The minimum absolute atomic E-state index is 0.0452. The summed E-state index contributed by atoms with van der Waals surface area (Å²) >= 11 is 0. The normalized spacial score (nSPS) is 19.1. The fourth-order valence-electron chi connectivity index (χ4n) is 2.94. The number of aromatic nitrogens is 2. The number of benzene rings is 1. The van der Waals surface area contributed by atoms with Crippen LogP contribution in [0.3, 0.4) is 0 Å². The van der Waals surface area contributed by atoms with Gasteiger partial charge in [-0.05, 0) is 5.56 Å². The molecule has 6 heteroatoms. The monoisotopic (exact) mass is 314 g/mol. The largest absolute Gasteiger partial charge is 0.490 e. The Morgan fingerprint density at radius 2 is 1.96 bits per heavy atom. The Kier molecular flexibility index (Phi) is 5.05. The second-order valence-corrected chi connectivity index (χ2v) is 5.46. The van der Waals surface area contributed by atoms with Crippen molar-refractivity contribution in [1.29, 1.82) is 0 Å². The molecule has 23 heavy (non-hydrogen) atoms. The summed E-state index contributed by atoms with van der Waals surface area (Å²) in [4.78, 5) is 9.11. The zero-order valence-electron chi connectivity index (χ0n) is 13.5. The summed E-state index contributed by atoms with van der Waals surface area (Å²) in [5, 5.41) is 7.00. The average molecular weight is 314 g/mol. The summed E-state index contributed by atoms with van der Waals surface area (Å²) in [5.41, 5.74) is 1.18. The molecule has 0 spiro atoms. The van der Waals surface area contributed by atoms with Crippen LogP contribution >= 0.6 is 0 Å². The first-order chi connectivity index (χ1) is 11.3. The predicted octanol–water partition coefficient (Wildman–Crippen LogP) is 1.19. The summed E-state index contributed by atoms with van der Waals surface area (Å²) in [7, 11) is 3.18. The van der Waals surface area contributed by atoms with E-state index in [1.165, 1.54) is 5.56 Å². The smallest absolute Gasteiger partial charge is 0.260 e. The van der Waals surface area contributed by atoms with Gasteiger partial charge in [0.1, 0.15) is 5.82 Å². The maximum Gasteiger partial charge on any atom is 0.260 e. The van der Waals surface area contributed by atoms with E-state index in [2.05, 4.69) is 32.7 Å². The molecule has 1 saturated heterocycles. The van der Waals surface area contributed by atoms with Gasteiger partial charge in [-0.2, -0.15) is 4.98 Å². The van der Waals surface area contributed by atoms with Gasteiger partial charge in [-0.1, -0.05) is 30.3 Å².